The first-order chi connectivity index (χ1) is 5.99. The molecule has 0 rings (SSSR count). The molecule has 0 aliphatic heterocycles. The van der Waals surface area contributed by atoms with Crippen molar-refractivity contribution in [2.75, 3.05) is 0 Å². The highest BCUT2D eigenvalue weighted by molar-refractivity contribution is 5.68. The fourth-order valence-corrected chi connectivity index (χ4v) is 0.705. The Morgan fingerprint density at radius 2 is 2.00 bits per heavy atom. The van der Waals surface area contributed by atoms with E-state index in [-0.39, 0.29) is 5.76 Å². The topological polar surface area (TPSA) is 26.3 Å². The van der Waals surface area contributed by atoms with E-state index in [0.29, 0.717) is 5.57 Å². The van der Waals surface area contributed by atoms with Crippen molar-refractivity contribution in [1.29, 1.82) is 0 Å². The lowest BCUT2D eigenvalue weighted by Crippen LogP contribution is -2.01. The summed E-state index contributed by atoms with van der Waals surface area (Å²) in [5.41, 5.74) is 0.380. The van der Waals surface area contributed by atoms with Crippen molar-refractivity contribution in [1.82, 2.24) is 0 Å². The number of hydrogen-bond acceptors (Lipinski definition) is 2. The highest BCUT2D eigenvalue weighted by Crippen LogP contribution is 2.17. The van der Waals surface area contributed by atoms with Crippen LogP contribution in [-0.2, 0) is 9.53 Å². The molecule has 0 aliphatic rings. The van der Waals surface area contributed by atoms with Crippen LogP contribution < -0.4 is 0 Å². The van der Waals surface area contributed by atoms with Crippen LogP contribution in [0, 0.1) is 0 Å². The third kappa shape index (κ3) is 4.25. The van der Waals surface area contributed by atoms with Crippen LogP contribution in [0.5, 0.6) is 0 Å². The van der Waals surface area contributed by atoms with Crippen LogP contribution in [-0.4, -0.2) is 5.97 Å². The summed E-state index contributed by atoms with van der Waals surface area (Å²) < 4.78 is 17.8. The zero-order valence-electron chi connectivity index (χ0n) is 8.06. The monoisotopic (exact) mass is 184 g/mol. The van der Waals surface area contributed by atoms with Crippen LogP contribution in [0.25, 0.3) is 0 Å². The van der Waals surface area contributed by atoms with Gasteiger partial charge in [-0.25, -0.2) is 4.39 Å². The normalized spacial score (nSPS) is 12.6. The van der Waals surface area contributed by atoms with Gasteiger partial charge in [-0.05, 0) is 25.5 Å². The van der Waals surface area contributed by atoms with Gasteiger partial charge >= 0.3 is 5.97 Å². The quantitative estimate of drug-likeness (QED) is 0.383. The molecule has 0 spiro atoms. The first-order valence-electron chi connectivity index (χ1n) is 3.85. The molecule has 0 aromatic rings. The Balaban J connectivity index is 4.88. The highest BCUT2D eigenvalue weighted by atomic mass is 19.1. The molecule has 72 valence electrons. The number of ether oxygens (including phenoxy) is 1. The Bertz CT molecular complexity index is 275. The lowest BCUT2D eigenvalue weighted by atomic mass is 10.2. The zero-order chi connectivity index (χ0) is 10.4. The summed E-state index contributed by atoms with van der Waals surface area (Å²) in [6.45, 7) is 7.96. The predicted molar refractivity (Wildman–Crippen MR) is 49.5 cm³/mol. The summed E-state index contributed by atoms with van der Waals surface area (Å²) in [5, 5.41) is 0. The molecule has 0 radical (unpaired) electrons. The van der Waals surface area contributed by atoms with Gasteiger partial charge < -0.3 is 4.74 Å². The van der Waals surface area contributed by atoms with Crippen LogP contribution in [0.15, 0.2) is 35.9 Å². The molecule has 0 fully saturated rings. The van der Waals surface area contributed by atoms with Crippen LogP contribution in [0.3, 0.4) is 0 Å². The lowest BCUT2D eigenvalue weighted by molar-refractivity contribution is -0.136. The number of esters is 1. The SMILES string of the molecule is C=C(C)/C(OC(C)=O)=C(F)\C=C/C. The molecule has 0 aromatic carbocycles. The van der Waals surface area contributed by atoms with Gasteiger partial charge in [0.05, 0.1) is 0 Å². The minimum Gasteiger partial charge on any atom is -0.423 e. The van der Waals surface area contributed by atoms with Gasteiger partial charge in [-0.1, -0.05) is 12.7 Å². The average molecular weight is 184 g/mol. The molecule has 2 nitrogen and oxygen atoms in total. The maximum atomic E-state index is 13.1. The molecule has 0 atom stereocenters. The molecule has 0 aromatic heterocycles. The molecular weight excluding hydrogens is 171 g/mol. The van der Waals surface area contributed by atoms with Crippen LogP contribution in [0.1, 0.15) is 20.8 Å². The van der Waals surface area contributed by atoms with E-state index in [1.54, 1.807) is 13.8 Å². The van der Waals surface area contributed by atoms with Gasteiger partial charge in [0.2, 0.25) is 0 Å². The Morgan fingerprint density at radius 3 is 2.31 bits per heavy atom. The fraction of sp³-hybridized carbons (Fsp3) is 0.300. The Kier molecular flexibility index (Phi) is 4.74. The number of hydrogen-bond donors (Lipinski definition) is 0. The van der Waals surface area contributed by atoms with Gasteiger partial charge in [0.25, 0.3) is 0 Å². The second-order valence-corrected chi connectivity index (χ2v) is 2.55. The van der Waals surface area contributed by atoms with Crippen molar-refractivity contribution < 1.29 is 13.9 Å². The van der Waals surface area contributed by atoms with E-state index in [1.165, 1.54) is 19.1 Å². The van der Waals surface area contributed by atoms with Crippen molar-refractivity contribution in [2.45, 2.75) is 20.8 Å². The number of carbonyl (C=O) groups is 1. The standard InChI is InChI=1S/C10H13FO2/c1-5-6-9(11)10(7(2)3)13-8(4)12/h5-6H,2H2,1,3-4H3/b6-5-,10-9-. The summed E-state index contributed by atoms with van der Waals surface area (Å²) >= 11 is 0. The molecule has 0 bridgehead atoms. The van der Waals surface area contributed by atoms with Crippen LogP contribution in [0.2, 0.25) is 0 Å². The molecule has 0 amide bonds. The van der Waals surface area contributed by atoms with Gasteiger partial charge in [0.15, 0.2) is 11.6 Å². The summed E-state index contributed by atoms with van der Waals surface area (Å²) in [6, 6.07) is 0. The van der Waals surface area contributed by atoms with E-state index in [2.05, 4.69) is 11.3 Å². The average Bonchev–Trinajstić information content (AvgIpc) is 1.99. The number of carbonyl (C=O) groups excluding carboxylic acids is 1. The van der Waals surface area contributed by atoms with Crippen molar-refractivity contribution in [3.05, 3.63) is 35.9 Å². The molecule has 13 heavy (non-hydrogen) atoms. The maximum absolute atomic E-state index is 13.1. The first-order valence-corrected chi connectivity index (χ1v) is 3.85. The Hall–Kier alpha value is -1.38. The first kappa shape index (κ1) is 11.6. The van der Waals surface area contributed by atoms with Gasteiger partial charge in [-0.2, -0.15) is 0 Å². The predicted octanol–water partition coefficient (Wildman–Crippen LogP) is 2.88. The second-order valence-electron chi connectivity index (χ2n) is 2.55. The summed E-state index contributed by atoms with van der Waals surface area (Å²) in [7, 11) is 0. The molecule has 0 N–H and O–H groups in total. The number of halogens is 1. The maximum Gasteiger partial charge on any atom is 0.308 e. The molecule has 0 saturated carbocycles. The Morgan fingerprint density at radius 1 is 1.46 bits per heavy atom. The van der Waals surface area contributed by atoms with Gasteiger partial charge in [0.1, 0.15) is 0 Å². The van der Waals surface area contributed by atoms with E-state index < -0.39 is 11.8 Å². The molecule has 0 aliphatic carbocycles. The van der Waals surface area contributed by atoms with Crippen LogP contribution in [0.4, 0.5) is 4.39 Å². The van der Waals surface area contributed by atoms with E-state index >= 15 is 0 Å². The van der Waals surface area contributed by atoms with Crippen molar-refractivity contribution in [3.8, 4) is 0 Å². The van der Waals surface area contributed by atoms with Crippen molar-refractivity contribution in [3.63, 3.8) is 0 Å². The molecule has 0 saturated heterocycles. The molecular formula is C10H13FO2. The van der Waals surface area contributed by atoms with E-state index in [1.807, 2.05) is 0 Å². The molecule has 3 heteroatoms. The third-order valence-corrected chi connectivity index (χ3v) is 1.16. The lowest BCUT2D eigenvalue weighted by Gasteiger charge is -2.05. The largest absolute Gasteiger partial charge is 0.423 e. The van der Waals surface area contributed by atoms with E-state index in [0.717, 1.165) is 0 Å². The number of rotatable bonds is 3. The number of allylic oxidation sites excluding steroid dienone is 4. The van der Waals surface area contributed by atoms with Gasteiger partial charge in [0, 0.05) is 6.92 Å². The summed E-state index contributed by atoms with van der Waals surface area (Å²) in [4.78, 5) is 10.6. The van der Waals surface area contributed by atoms with Crippen molar-refractivity contribution >= 4 is 5.97 Å². The van der Waals surface area contributed by atoms with E-state index in [9.17, 15) is 9.18 Å². The molecule has 0 unspecified atom stereocenters. The minimum atomic E-state index is -0.592. The highest BCUT2D eigenvalue weighted by Gasteiger charge is 2.08. The van der Waals surface area contributed by atoms with Gasteiger partial charge in [-0.15, -0.1) is 0 Å². The smallest absolute Gasteiger partial charge is 0.308 e. The minimum absolute atomic E-state index is 0.106. The van der Waals surface area contributed by atoms with E-state index in [4.69, 9.17) is 0 Å². The summed E-state index contributed by atoms with van der Waals surface area (Å²) in [5.74, 6) is -1.26. The molecule has 0 heterocycles. The Labute approximate surface area is 77.4 Å². The summed E-state index contributed by atoms with van der Waals surface area (Å²) in [6.07, 6.45) is 2.73. The third-order valence-electron chi connectivity index (χ3n) is 1.16. The van der Waals surface area contributed by atoms with Gasteiger partial charge in [-0.3, -0.25) is 4.79 Å². The zero-order valence-corrected chi connectivity index (χ0v) is 8.06. The van der Waals surface area contributed by atoms with Crippen LogP contribution >= 0.6 is 0 Å². The second kappa shape index (κ2) is 5.30. The van der Waals surface area contributed by atoms with Crippen molar-refractivity contribution in [2.24, 2.45) is 0 Å². The fourth-order valence-electron chi connectivity index (χ4n) is 0.705.